The Morgan fingerprint density at radius 1 is 1.61 bits per heavy atom. The zero-order valence-electron chi connectivity index (χ0n) is 10.3. The van der Waals surface area contributed by atoms with Crippen LogP contribution in [-0.2, 0) is 21.8 Å². The van der Waals surface area contributed by atoms with Crippen molar-refractivity contribution < 1.29 is 13.2 Å². The lowest BCUT2D eigenvalue weighted by atomic mass is 10.2. The van der Waals surface area contributed by atoms with Crippen molar-refractivity contribution in [3.8, 4) is 0 Å². The Kier molecular flexibility index (Phi) is 4.10. The lowest BCUT2D eigenvalue weighted by molar-refractivity contribution is -0.0140. The first-order valence-electron chi connectivity index (χ1n) is 5.62. The third-order valence-corrected chi connectivity index (χ3v) is 5.46. The Balaban J connectivity index is 2.28. The average molecular weight is 338 g/mol. The second kappa shape index (κ2) is 5.28. The summed E-state index contributed by atoms with van der Waals surface area (Å²) in [5.74, 6) is 0. The zero-order chi connectivity index (χ0) is 13.3. The van der Waals surface area contributed by atoms with Gasteiger partial charge in [0.1, 0.15) is 0 Å². The van der Waals surface area contributed by atoms with Gasteiger partial charge in [0.25, 0.3) is 10.0 Å². The first kappa shape index (κ1) is 14.0. The number of morpholine rings is 1. The number of hydrogen-bond donors (Lipinski definition) is 0. The monoisotopic (exact) mass is 337 g/mol. The maximum Gasteiger partial charge on any atom is 0.262 e. The topological polar surface area (TPSA) is 64.4 Å². The fourth-order valence-electron chi connectivity index (χ4n) is 1.86. The van der Waals surface area contributed by atoms with Crippen LogP contribution in [0.1, 0.15) is 6.92 Å². The van der Waals surface area contributed by atoms with E-state index in [1.807, 2.05) is 6.92 Å². The van der Waals surface area contributed by atoms with Gasteiger partial charge in [0, 0.05) is 31.2 Å². The smallest absolute Gasteiger partial charge is 0.262 e. The van der Waals surface area contributed by atoms with Crippen LogP contribution in [0.2, 0.25) is 0 Å². The van der Waals surface area contributed by atoms with Crippen LogP contribution in [0.5, 0.6) is 0 Å². The van der Waals surface area contributed by atoms with Crippen LogP contribution in [0.3, 0.4) is 0 Å². The van der Waals surface area contributed by atoms with E-state index in [2.05, 4.69) is 20.9 Å². The quantitative estimate of drug-likeness (QED) is 0.757. The summed E-state index contributed by atoms with van der Waals surface area (Å²) >= 11 is 3.32. The minimum absolute atomic E-state index is 0.0899. The highest BCUT2D eigenvalue weighted by molar-refractivity contribution is 9.09. The molecule has 2 unspecified atom stereocenters. The van der Waals surface area contributed by atoms with Gasteiger partial charge in [-0.15, -0.1) is 0 Å². The summed E-state index contributed by atoms with van der Waals surface area (Å²) in [7, 11) is -1.79. The maximum atomic E-state index is 12.5. The van der Waals surface area contributed by atoms with Crippen molar-refractivity contribution in [1.29, 1.82) is 0 Å². The SMILES string of the molecule is CC1COC(CBr)CN1S(=O)(=O)c1cn(C)cn1. The van der Waals surface area contributed by atoms with Crippen LogP contribution in [-0.4, -0.2) is 52.9 Å². The number of hydrogen-bond acceptors (Lipinski definition) is 4. The van der Waals surface area contributed by atoms with E-state index in [1.54, 1.807) is 11.6 Å². The molecule has 2 heterocycles. The van der Waals surface area contributed by atoms with Gasteiger partial charge in [0.2, 0.25) is 0 Å². The summed E-state index contributed by atoms with van der Waals surface area (Å²) in [6.07, 6.45) is 2.89. The van der Waals surface area contributed by atoms with Crippen LogP contribution in [0.15, 0.2) is 17.6 Å². The fourth-order valence-corrected chi connectivity index (χ4v) is 3.87. The van der Waals surface area contributed by atoms with Gasteiger partial charge in [-0.3, -0.25) is 0 Å². The summed E-state index contributed by atoms with van der Waals surface area (Å²) in [5.41, 5.74) is 0. The lowest BCUT2D eigenvalue weighted by Crippen LogP contribution is -2.51. The molecule has 1 fully saturated rings. The molecular formula is C10H16BrN3O3S. The fraction of sp³-hybridized carbons (Fsp3) is 0.700. The van der Waals surface area contributed by atoms with E-state index in [4.69, 9.17) is 4.74 Å². The Bertz CT molecular complexity index is 516. The van der Waals surface area contributed by atoms with Crippen molar-refractivity contribution in [1.82, 2.24) is 13.9 Å². The number of ether oxygens (including phenoxy) is 1. The Labute approximate surface area is 115 Å². The van der Waals surface area contributed by atoms with Gasteiger partial charge in [-0.1, -0.05) is 15.9 Å². The molecule has 8 heteroatoms. The summed E-state index contributed by atoms with van der Waals surface area (Å²) < 4.78 is 33.5. The standard InChI is InChI=1S/C10H16BrN3O3S/c1-8-6-17-9(3-11)4-14(8)18(15,16)10-5-13(2)7-12-10/h5,7-9H,3-4,6H2,1-2H3. The van der Waals surface area contributed by atoms with Gasteiger partial charge in [-0.2, -0.15) is 4.31 Å². The minimum Gasteiger partial charge on any atom is -0.374 e. The molecule has 0 N–H and O–H groups in total. The average Bonchev–Trinajstić information content (AvgIpc) is 2.77. The molecule has 102 valence electrons. The third kappa shape index (κ3) is 2.61. The van der Waals surface area contributed by atoms with Crippen molar-refractivity contribution in [2.45, 2.75) is 24.1 Å². The van der Waals surface area contributed by atoms with E-state index in [0.717, 1.165) is 0 Å². The van der Waals surface area contributed by atoms with E-state index in [0.29, 0.717) is 18.5 Å². The Hall–Kier alpha value is -0.440. The highest BCUT2D eigenvalue weighted by Crippen LogP contribution is 2.21. The van der Waals surface area contributed by atoms with E-state index in [1.165, 1.54) is 16.8 Å². The van der Waals surface area contributed by atoms with Crippen molar-refractivity contribution in [3.05, 3.63) is 12.5 Å². The molecule has 0 radical (unpaired) electrons. The van der Waals surface area contributed by atoms with Crippen molar-refractivity contribution in [2.75, 3.05) is 18.5 Å². The number of aromatic nitrogens is 2. The van der Waals surface area contributed by atoms with Crippen molar-refractivity contribution >= 4 is 26.0 Å². The van der Waals surface area contributed by atoms with Crippen LogP contribution in [0.4, 0.5) is 0 Å². The highest BCUT2D eigenvalue weighted by atomic mass is 79.9. The molecule has 1 aliphatic heterocycles. The minimum atomic E-state index is -3.53. The number of rotatable bonds is 3. The lowest BCUT2D eigenvalue weighted by Gasteiger charge is -2.35. The normalized spacial score (nSPS) is 26.4. The molecular weight excluding hydrogens is 322 g/mol. The van der Waals surface area contributed by atoms with Crippen molar-refractivity contribution in [2.24, 2.45) is 7.05 Å². The molecule has 0 amide bonds. The van der Waals surface area contributed by atoms with E-state index < -0.39 is 10.0 Å². The molecule has 0 aromatic carbocycles. The van der Waals surface area contributed by atoms with E-state index in [9.17, 15) is 8.42 Å². The molecule has 1 aliphatic rings. The summed E-state index contributed by atoms with van der Waals surface area (Å²) in [6.45, 7) is 2.60. The van der Waals surface area contributed by atoms with Gasteiger partial charge in [0.05, 0.1) is 19.0 Å². The molecule has 0 aliphatic carbocycles. The highest BCUT2D eigenvalue weighted by Gasteiger charge is 2.36. The predicted octanol–water partition coefficient (Wildman–Crippen LogP) is 0.593. The number of nitrogens with zero attached hydrogens (tertiary/aromatic N) is 3. The molecule has 1 saturated heterocycles. The molecule has 2 atom stereocenters. The second-order valence-corrected chi connectivity index (χ2v) is 6.90. The summed E-state index contributed by atoms with van der Waals surface area (Å²) in [6, 6.07) is -0.174. The van der Waals surface area contributed by atoms with Gasteiger partial charge in [-0.05, 0) is 6.92 Å². The molecule has 0 bridgehead atoms. The van der Waals surface area contributed by atoms with Gasteiger partial charge in [0.15, 0.2) is 5.03 Å². The molecule has 6 nitrogen and oxygen atoms in total. The number of sulfonamides is 1. The predicted molar refractivity (Wildman–Crippen MR) is 70.1 cm³/mol. The number of aryl methyl sites for hydroxylation is 1. The summed E-state index contributed by atoms with van der Waals surface area (Å²) in [5, 5.41) is 0.709. The first-order chi connectivity index (χ1) is 8.45. The molecule has 18 heavy (non-hydrogen) atoms. The molecule has 2 rings (SSSR count). The number of alkyl halides is 1. The first-order valence-corrected chi connectivity index (χ1v) is 8.18. The van der Waals surface area contributed by atoms with Gasteiger partial charge >= 0.3 is 0 Å². The Morgan fingerprint density at radius 2 is 2.33 bits per heavy atom. The Morgan fingerprint density at radius 3 is 2.89 bits per heavy atom. The molecule has 1 aromatic heterocycles. The second-order valence-electron chi connectivity index (χ2n) is 4.41. The zero-order valence-corrected chi connectivity index (χ0v) is 12.7. The van der Waals surface area contributed by atoms with Crippen LogP contribution in [0, 0.1) is 0 Å². The largest absolute Gasteiger partial charge is 0.374 e. The molecule has 1 aromatic rings. The van der Waals surface area contributed by atoms with Gasteiger partial charge < -0.3 is 9.30 Å². The number of imidazole rings is 1. The van der Waals surface area contributed by atoms with Gasteiger partial charge in [-0.25, -0.2) is 13.4 Å². The van der Waals surface area contributed by atoms with Crippen LogP contribution < -0.4 is 0 Å². The summed E-state index contributed by atoms with van der Waals surface area (Å²) in [4.78, 5) is 3.93. The van der Waals surface area contributed by atoms with Crippen LogP contribution in [0.25, 0.3) is 0 Å². The van der Waals surface area contributed by atoms with Crippen molar-refractivity contribution in [3.63, 3.8) is 0 Å². The maximum absolute atomic E-state index is 12.5. The third-order valence-electron chi connectivity index (χ3n) is 2.87. The van der Waals surface area contributed by atoms with E-state index in [-0.39, 0.29) is 17.2 Å². The molecule has 0 saturated carbocycles. The van der Waals surface area contributed by atoms with Crippen LogP contribution >= 0.6 is 15.9 Å². The number of halogens is 1. The molecule has 0 spiro atoms. The van der Waals surface area contributed by atoms with E-state index >= 15 is 0 Å².